The third kappa shape index (κ3) is 4.25. The summed E-state index contributed by atoms with van der Waals surface area (Å²) in [6.07, 6.45) is 0. The van der Waals surface area contributed by atoms with Crippen LogP contribution in [0.5, 0.6) is 5.75 Å². The van der Waals surface area contributed by atoms with Crippen LogP contribution in [0.3, 0.4) is 0 Å². The lowest BCUT2D eigenvalue weighted by Crippen LogP contribution is -2.41. The predicted molar refractivity (Wildman–Crippen MR) is 86.9 cm³/mol. The number of rotatable bonds is 6. The highest BCUT2D eigenvalue weighted by atomic mass is 16.5. The number of hydrogen-bond donors (Lipinski definition) is 2. The molecular formula is C16H19N3O6. The lowest BCUT2D eigenvalue weighted by Gasteiger charge is -2.15. The Hall–Kier alpha value is -3.10. The van der Waals surface area contributed by atoms with Gasteiger partial charge in [-0.05, 0) is 26.0 Å². The number of anilines is 1. The largest absolute Gasteiger partial charge is 0.495 e. The Morgan fingerprint density at radius 3 is 2.52 bits per heavy atom. The molecule has 1 aromatic rings. The van der Waals surface area contributed by atoms with Crippen LogP contribution in [0.4, 0.5) is 10.5 Å². The maximum absolute atomic E-state index is 12.0. The van der Waals surface area contributed by atoms with Crippen LogP contribution in [-0.4, -0.2) is 54.5 Å². The van der Waals surface area contributed by atoms with Gasteiger partial charge in [0.1, 0.15) is 17.8 Å². The van der Waals surface area contributed by atoms with Gasteiger partial charge >= 0.3 is 12.0 Å². The highest BCUT2D eigenvalue weighted by molar-refractivity contribution is 6.08. The molecule has 1 heterocycles. The molecule has 2 rings (SSSR count). The number of urea groups is 1. The quantitative estimate of drug-likeness (QED) is 0.571. The Morgan fingerprint density at radius 2 is 1.92 bits per heavy atom. The summed E-state index contributed by atoms with van der Waals surface area (Å²) in [5.74, 6) is -1.51. The fourth-order valence-corrected chi connectivity index (χ4v) is 2.22. The molecule has 1 aliphatic heterocycles. The molecule has 1 aliphatic rings. The summed E-state index contributed by atoms with van der Waals surface area (Å²) in [6, 6.07) is 6.08. The molecule has 9 nitrogen and oxygen atoms in total. The Balaban J connectivity index is 1.85. The molecule has 1 saturated heterocycles. The van der Waals surface area contributed by atoms with Gasteiger partial charge in [0.05, 0.1) is 12.8 Å². The monoisotopic (exact) mass is 349 g/mol. The Kier molecular flexibility index (Phi) is 5.26. The van der Waals surface area contributed by atoms with Crippen LogP contribution in [0, 0.1) is 0 Å². The van der Waals surface area contributed by atoms with E-state index in [2.05, 4.69) is 10.6 Å². The number of para-hydroxylation sites is 2. The smallest absolute Gasteiger partial charge is 0.326 e. The number of hydrogen-bond acceptors (Lipinski definition) is 6. The van der Waals surface area contributed by atoms with Gasteiger partial charge in [0.25, 0.3) is 11.8 Å². The minimum absolute atomic E-state index is 0.432. The number of nitrogens with zero attached hydrogens (tertiary/aromatic N) is 1. The van der Waals surface area contributed by atoms with Gasteiger partial charge in [-0.2, -0.15) is 0 Å². The molecule has 1 fully saturated rings. The molecule has 25 heavy (non-hydrogen) atoms. The van der Waals surface area contributed by atoms with Gasteiger partial charge < -0.3 is 20.1 Å². The molecule has 0 atom stereocenters. The second-order valence-corrected chi connectivity index (χ2v) is 5.86. The number of benzene rings is 1. The van der Waals surface area contributed by atoms with Crippen molar-refractivity contribution in [2.45, 2.75) is 19.4 Å². The number of methoxy groups -OCH3 is 1. The SMILES string of the molecule is COc1ccccc1NC(=O)COC(=O)CN1C(=O)NC(C)(C)C1=O. The average molecular weight is 349 g/mol. The van der Waals surface area contributed by atoms with E-state index in [0.29, 0.717) is 11.4 Å². The highest BCUT2D eigenvalue weighted by Crippen LogP contribution is 2.22. The number of carbonyl (C=O) groups excluding carboxylic acids is 4. The standard InChI is InChI=1S/C16H19N3O6/c1-16(2)14(22)19(15(23)18-16)8-13(21)25-9-12(20)17-10-6-4-5-7-11(10)24-3/h4-7H,8-9H2,1-3H3,(H,17,20)(H,18,23). The van der Waals surface area contributed by atoms with Gasteiger partial charge in [-0.15, -0.1) is 0 Å². The third-order valence-electron chi connectivity index (χ3n) is 3.48. The molecule has 0 unspecified atom stereocenters. The summed E-state index contributed by atoms with van der Waals surface area (Å²) < 4.78 is 9.90. The van der Waals surface area contributed by atoms with E-state index in [9.17, 15) is 19.2 Å². The average Bonchev–Trinajstić information content (AvgIpc) is 2.75. The van der Waals surface area contributed by atoms with Crippen LogP contribution in [0.2, 0.25) is 0 Å². The fraction of sp³-hybridized carbons (Fsp3) is 0.375. The van der Waals surface area contributed by atoms with Crippen molar-refractivity contribution in [1.82, 2.24) is 10.2 Å². The second-order valence-electron chi connectivity index (χ2n) is 5.86. The van der Waals surface area contributed by atoms with Crippen LogP contribution in [0.15, 0.2) is 24.3 Å². The third-order valence-corrected chi connectivity index (χ3v) is 3.48. The number of carbonyl (C=O) groups is 4. The van der Waals surface area contributed by atoms with Gasteiger partial charge in [-0.1, -0.05) is 12.1 Å². The molecule has 134 valence electrons. The van der Waals surface area contributed by atoms with Gasteiger partial charge in [0, 0.05) is 0 Å². The summed E-state index contributed by atoms with van der Waals surface area (Å²) in [5.41, 5.74) is -0.639. The first kappa shape index (κ1) is 18.2. The lowest BCUT2D eigenvalue weighted by molar-refractivity contribution is -0.150. The van der Waals surface area contributed by atoms with Gasteiger partial charge in [-0.3, -0.25) is 19.3 Å². The summed E-state index contributed by atoms with van der Waals surface area (Å²) >= 11 is 0. The lowest BCUT2D eigenvalue weighted by atomic mass is 10.1. The maximum atomic E-state index is 12.0. The van der Waals surface area contributed by atoms with Crippen LogP contribution in [0.25, 0.3) is 0 Å². The number of ether oxygens (including phenoxy) is 2. The molecule has 9 heteroatoms. The summed E-state index contributed by atoms with van der Waals surface area (Å²) in [7, 11) is 1.46. The molecule has 0 aromatic heterocycles. The summed E-state index contributed by atoms with van der Waals surface area (Å²) in [4.78, 5) is 48.0. The van der Waals surface area contributed by atoms with Crippen molar-refractivity contribution in [3.05, 3.63) is 24.3 Å². The topological polar surface area (TPSA) is 114 Å². The number of nitrogens with one attached hydrogen (secondary N) is 2. The van der Waals surface area contributed by atoms with Crippen molar-refractivity contribution in [1.29, 1.82) is 0 Å². The number of amides is 4. The van der Waals surface area contributed by atoms with E-state index < -0.39 is 42.5 Å². The van der Waals surface area contributed by atoms with Crippen molar-refractivity contribution in [2.24, 2.45) is 0 Å². The van der Waals surface area contributed by atoms with Crippen LogP contribution in [0.1, 0.15) is 13.8 Å². The van der Waals surface area contributed by atoms with Crippen LogP contribution in [-0.2, 0) is 19.1 Å². The first-order valence-electron chi connectivity index (χ1n) is 7.47. The first-order valence-corrected chi connectivity index (χ1v) is 7.47. The normalized spacial score (nSPS) is 15.6. The van der Waals surface area contributed by atoms with E-state index >= 15 is 0 Å². The zero-order valence-corrected chi connectivity index (χ0v) is 14.1. The minimum atomic E-state index is -1.07. The van der Waals surface area contributed by atoms with E-state index in [-0.39, 0.29) is 0 Å². The summed E-state index contributed by atoms with van der Waals surface area (Å²) in [5, 5.41) is 4.99. The zero-order chi connectivity index (χ0) is 18.6. The van der Waals surface area contributed by atoms with Gasteiger partial charge in [-0.25, -0.2) is 4.79 Å². The van der Waals surface area contributed by atoms with Gasteiger partial charge in [0.2, 0.25) is 0 Å². The van der Waals surface area contributed by atoms with Crippen LogP contribution < -0.4 is 15.4 Å². The molecule has 0 radical (unpaired) electrons. The van der Waals surface area contributed by atoms with Gasteiger partial charge in [0.15, 0.2) is 6.61 Å². The fourth-order valence-electron chi connectivity index (χ4n) is 2.22. The number of esters is 1. The van der Waals surface area contributed by atoms with Crippen molar-refractivity contribution in [3.8, 4) is 5.75 Å². The zero-order valence-electron chi connectivity index (χ0n) is 14.1. The van der Waals surface area contributed by atoms with E-state index in [1.165, 1.54) is 21.0 Å². The van der Waals surface area contributed by atoms with Crippen molar-refractivity contribution in [2.75, 3.05) is 25.6 Å². The summed E-state index contributed by atoms with van der Waals surface area (Å²) in [6.45, 7) is 1.94. The van der Waals surface area contributed by atoms with E-state index in [4.69, 9.17) is 9.47 Å². The molecule has 1 aromatic carbocycles. The molecular weight excluding hydrogens is 330 g/mol. The Morgan fingerprint density at radius 1 is 1.24 bits per heavy atom. The molecule has 0 bridgehead atoms. The first-order chi connectivity index (χ1) is 11.7. The van der Waals surface area contributed by atoms with Crippen molar-refractivity contribution < 1.29 is 28.7 Å². The second kappa shape index (κ2) is 7.20. The molecule has 0 aliphatic carbocycles. The van der Waals surface area contributed by atoms with E-state index in [1.54, 1.807) is 24.3 Å². The predicted octanol–water partition coefficient (Wildman–Crippen LogP) is 0.507. The number of imide groups is 1. The minimum Gasteiger partial charge on any atom is -0.495 e. The maximum Gasteiger partial charge on any atom is 0.326 e. The molecule has 0 saturated carbocycles. The van der Waals surface area contributed by atoms with Crippen LogP contribution >= 0.6 is 0 Å². The molecule has 4 amide bonds. The van der Waals surface area contributed by atoms with E-state index in [1.807, 2.05) is 0 Å². The molecule has 2 N–H and O–H groups in total. The highest BCUT2D eigenvalue weighted by Gasteiger charge is 2.45. The Bertz CT molecular complexity index is 716. The Labute approximate surface area is 144 Å². The van der Waals surface area contributed by atoms with Crippen molar-refractivity contribution in [3.63, 3.8) is 0 Å². The van der Waals surface area contributed by atoms with E-state index in [0.717, 1.165) is 4.90 Å². The molecule has 0 spiro atoms. The van der Waals surface area contributed by atoms with Crippen molar-refractivity contribution >= 4 is 29.5 Å².